The molecule has 0 saturated heterocycles. The summed E-state index contributed by atoms with van der Waals surface area (Å²) in [6, 6.07) is 9.09. The van der Waals surface area contributed by atoms with Crippen molar-refractivity contribution in [3.8, 4) is 28.4 Å². The zero-order valence-corrected chi connectivity index (χ0v) is 20.5. The topological polar surface area (TPSA) is 124 Å². The average molecular weight is 496 g/mol. The number of carboxylic acids is 1. The molecule has 0 spiro atoms. The lowest BCUT2D eigenvalue weighted by molar-refractivity contribution is -0.142. The van der Waals surface area contributed by atoms with Crippen molar-refractivity contribution in [1.29, 1.82) is 0 Å². The van der Waals surface area contributed by atoms with E-state index in [1.54, 1.807) is 37.3 Å². The first kappa shape index (κ1) is 25.1. The van der Waals surface area contributed by atoms with Gasteiger partial charge in [-0.05, 0) is 49.1 Å². The van der Waals surface area contributed by atoms with Crippen molar-refractivity contribution in [2.24, 2.45) is 5.92 Å². The highest BCUT2D eigenvalue weighted by molar-refractivity contribution is 5.85. The maximum atomic E-state index is 13.3. The lowest BCUT2D eigenvalue weighted by atomic mass is 10.0. The third kappa shape index (κ3) is 5.62. The van der Waals surface area contributed by atoms with E-state index in [0.29, 0.717) is 64.7 Å². The predicted molar refractivity (Wildman–Crippen MR) is 133 cm³/mol. The Morgan fingerprint density at radius 3 is 2.56 bits per heavy atom. The molecule has 2 aromatic carbocycles. The van der Waals surface area contributed by atoms with Gasteiger partial charge in [-0.1, -0.05) is 19.9 Å². The third-order valence-electron chi connectivity index (χ3n) is 5.79. The zero-order chi connectivity index (χ0) is 25.8. The average Bonchev–Trinajstić information content (AvgIpc) is 3.07. The first-order valence-corrected chi connectivity index (χ1v) is 11.9. The second kappa shape index (κ2) is 10.7. The van der Waals surface area contributed by atoms with Gasteiger partial charge in [-0.25, -0.2) is 4.79 Å². The number of fused-ring (bicyclic) bond motifs is 2. The third-order valence-corrected chi connectivity index (χ3v) is 5.79. The summed E-state index contributed by atoms with van der Waals surface area (Å²) in [5.74, 6) is 0.438. The summed E-state index contributed by atoms with van der Waals surface area (Å²) in [6.07, 6.45) is 1.10. The van der Waals surface area contributed by atoms with Crippen LogP contribution < -0.4 is 25.0 Å². The molecule has 4 rings (SSSR count). The van der Waals surface area contributed by atoms with Crippen molar-refractivity contribution in [2.45, 2.75) is 39.7 Å². The van der Waals surface area contributed by atoms with Crippen LogP contribution in [-0.4, -0.2) is 42.8 Å². The van der Waals surface area contributed by atoms with Gasteiger partial charge >= 0.3 is 5.97 Å². The lowest BCUT2D eigenvalue weighted by Crippen LogP contribution is -2.43. The summed E-state index contributed by atoms with van der Waals surface area (Å²) in [5, 5.41) is 12.1. The molecule has 0 aliphatic carbocycles. The fraction of sp³-hybridized carbons (Fsp3) is 0.370. The molecule has 1 amide bonds. The molecule has 9 heteroatoms. The molecule has 0 saturated carbocycles. The summed E-state index contributed by atoms with van der Waals surface area (Å²) in [7, 11) is 0. The molecule has 3 aromatic rings. The van der Waals surface area contributed by atoms with Gasteiger partial charge in [0.2, 0.25) is 5.43 Å². The van der Waals surface area contributed by atoms with Crippen molar-refractivity contribution >= 4 is 22.8 Å². The number of hydrogen-bond acceptors (Lipinski definition) is 7. The van der Waals surface area contributed by atoms with E-state index < -0.39 is 17.9 Å². The van der Waals surface area contributed by atoms with Gasteiger partial charge < -0.3 is 29.1 Å². The second-order valence-electron chi connectivity index (χ2n) is 9.11. The van der Waals surface area contributed by atoms with Crippen LogP contribution in [0.25, 0.3) is 22.1 Å². The Bertz CT molecular complexity index is 1340. The van der Waals surface area contributed by atoms with Gasteiger partial charge in [0.1, 0.15) is 23.1 Å². The van der Waals surface area contributed by atoms with Crippen LogP contribution in [0, 0.1) is 12.8 Å². The molecule has 190 valence electrons. The number of aliphatic carboxylic acids is 1. The van der Waals surface area contributed by atoms with Crippen LogP contribution >= 0.6 is 0 Å². The quantitative estimate of drug-likeness (QED) is 0.482. The number of aryl methyl sites for hydroxylation is 1. The van der Waals surface area contributed by atoms with Crippen molar-refractivity contribution in [3.05, 3.63) is 52.4 Å². The zero-order valence-electron chi connectivity index (χ0n) is 20.5. The lowest BCUT2D eigenvalue weighted by Gasteiger charge is -2.16. The highest BCUT2D eigenvalue weighted by Crippen LogP contribution is 2.35. The van der Waals surface area contributed by atoms with Crippen LogP contribution in [0.4, 0.5) is 0 Å². The molecule has 0 fully saturated rings. The SMILES string of the molecule is Cc1oc2cc(OCC(=O)N[C@@H](CC(C)C)C(=O)O)ccc2c(=O)c1-c1ccc2c(c1)OCCCO2. The Morgan fingerprint density at radius 2 is 1.83 bits per heavy atom. The number of nitrogens with one attached hydrogen (secondary N) is 1. The summed E-state index contributed by atoms with van der Waals surface area (Å²) >= 11 is 0. The Hall–Kier alpha value is -4.01. The van der Waals surface area contributed by atoms with E-state index >= 15 is 0 Å². The summed E-state index contributed by atoms with van der Waals surface area (Å²) < 4.78 is 22.9. The molecule has 0 radical (unpaired) electrons. The van der Waals surface area contributed by atoms with E-state index in [0.717, 1.165) is 6.42 Å². The molecule has 1 atom stereocenters. The largest absolute Gasteiger partial charge is 0.490 e. The van der Waals surface area contributed by atoms with Crippen molar-refractivity contribution in [1.82, 2.24) is 5.32 Å². The molecule has 0 bridgehead atoms. The Balaban J connectivity index is 1.53. The smallest absolute Gasteiger partial charge is 0.326 e. The Kier molecular flexibility index (Phi) is 7.47. The number of carbonyl (C=O) groups is 2. The Morgan fingerprint density at radius 1 is 1.08 bits per heavy atom. The maximum absolute atomic E-state index is 13.3. The summed E-state index contributed by atoms with van der Waals surface area (Å²) in [5.41, 5.74) is 1.21. The number of carbonyl (C=O) groups excluding carboxylic acids is 1. The van der Waals surface area contributed by atoms with E-state index in [1.807, 2.05) is 13.8 Å². The first-order valence-electron chi connectivity index (χ1n) is 11.9. The number of rotatable bonds is 8. The number of benzene rings is 2. The first-order chi connectivity index (χ1) is 17.2. The highest BCUT2D eigenvalue weighted by Gasteiger charge is 2.22. The number of ether oxygens (including phenoxy) is 3. The van der Waals surface area contributed by atoms with Crippen LogP contribution in [-0.2, 0) is 9.59 Å². The normalized spacial score (nSPS) is 13.8. The van der Waals surface area contributed by atoms with E-state index in [9.17, 15) is 19.5 Å². The molecular formula is C27H29NO8. The van der Waals surface area contributed by atoms with Gasteiger partial charge in [-0.3, -0.25) is 9.59 Å². The van der Waals surface area contributed by atoms with E-state index in [4.69, 9.17) is 18.6 Å². The van der Waals surface area contributed by atoms with Crippen LogP contribution in [0.15, 0.2) is 45.6 Å². The van der Waals surface area contributed by atoms with Gasteiger partial charge in [-0.15, -0.1) is 0 Å². The fourth-order valence-electron chi connectivity index (χ4n) is 4.11. The number of carboxylic acid groups (broad SMARTS) is 1. The summed E-state index contributed by atoms with van der Waals surface area (Å²) in [4.78, 5) is 36.9. The van der Waals surface area contributed by atoms with Gasteiger partial charge in [-0.2, -0.15) is 0 Å². The standard InChI is InChI=1S/C27H29NO8/c1-15(2)11-20(27(31)32)28-24(29)14-35-18-6-7-19-22(13-18)36-16(3)25(26(19)30)17-5-8-21-23(12-17)34-10-4-9-33-21/h5-8,12-13,15,20H,4,9-11,14H2,1-3H3,(H,28,29)(H,31,32)/t20-/m0/s1. The maximum Gasteiger partial charge on any atom is 0.326 e. The second-order valence-corrected chi connectivity index (χ2v) is 9.11. The molecule has 1 aromatic heterocycles. The predicted octanol–water partition coefficient (Wildman–Crippen LogP) is 3.92. The van der Waals surface area contributed by atoms with Crippen molar-refractivity contribution in [3.63, 3.8) is 0 Å². The molecular weight excluding hydrogens is 466 g/mol. The van der Waals surface area contributed by atoms with E-state index in [-0.39, 0.29) is 18.0 Å². The molecule has 9 nitrogen and oxygen atoms in total. The van der Waals surface area contributed by atoms with Crippen LogP contribution in [0.5, 0.6) is 17.2 Å². The molecule has 1 aliphatic heterocycles. The van der Waals surface area contributed by atoms with Crippen LogP contribution in [0.1, 0.15) is 32.4 Å². The van der Waals surface area contributed by atoms with Crippen molar-refractivity contribution in [2.75, 3.05) is 19.8 Å². The van der Waals surface area contributed by atoms with Crippen molar-refractivity contribution < 1.29 is 33.3 Å². The van der Waals surface area contributed by atoms with Gasteiger partial charge in [0.05, 0.1) is 24.2 Å². The minimum atomic E-state index is -1.09. The van der Waals surface area contributed by atoms with Gasteiger partial charge in [0.15, 0.2) is 18.1 Å². The van der Waals surface area contributed by atoms with E-state index in [1.165, 1.54) is 6.07 Å². The van der Waals surface area contributed by atoms with Crippen LogP contribution in [0.2, 0.25) is 0 Å². The minimum Gasteiger partial charge on any atom is -0.490 e. The number of amides is 1. The summed E-state index contributed by atoms with van der Waals surface area (Å²) in [6.45, 7) is 6.21. The molecule has 1 aliphatic rings. The van der Waals surface area contributed by atoms with Crippen LogP contribution in [0.3, 0.4) is 0 Å². The molecule has 0 unspecified atom stereocenters. The molecule has 36 heavy (non-hydrogen) atoms. The number of hydrogen-bond donors (Lipinski definition) is 2. The fourth-order valence-corrected chi connectivity index (χ4v) is 4.11. The monoisotopic (exact) mass is 495 g/mol. The molecule has 2 heterocycles. The molecule has 2 N–H and O–H groups in total. The van der Waals surface area contributed by atoms with Gasteiger partial charge in [0.25, 0.3) is 5.91 Å². The van der Waals surface area contributed by atoms with Gasteiger partial charge in [0, 0.05) is 12.5 Å². The van der Waals surface area contributed by atoms with E-state index in [2.05, 4.69) is 5.32 Å². The minimum absolute atomic E-state index is 0.107. The highest BCUT2D eigenvalue weighted by atomic mass is 16.5. The Labute approximate surface area is 208 Å².